The lowest BCUT2D eigenvalue weighted by Crippen LogP contribution is -2.31. The SMILES string of the molecule is COc1ccc(NC(=O)C2=C(C)Nc3nc4ccccc4n3[C@H]2c2ccc(C(C)C)cc2)c(OC)c1. The maximum atomic E-state index is 13.9. The van der Waals surface area contributed by atoms with Gasteiger partial charge in [0.05, 0.1) is 42.6 Å². The minimum atomic E-state index is -0.362. The number of para-hydroxylation sites is 2. The Balaban J connectivity index is 1.62. The molecule has 1 aliphatic rings. The lowest BCUT2D eigenvalue weighted by molar-refractivity contribution is -0.113. The number of allylic oxidation sites excluding steroid dienone is 1. The highest BCUT2D eigenvalue weighted by atomic mass is 16.5. The van der Waals surface area contributed by atoms with Crippen molar-refractivity contribution in [1.82, 2.24) is 9.55 Å². The van der Waals surface area contributed by atoms with Crippen LogP contribution in [0.5, 0.6) is 11.5 Å². The molecule has 0 bridgehead atoms. The maximum absolute atomic E-state index is 13.9. The second-order valence-corrected chi connectivity index (χ2v) is 9.20. The fourth-order valence-corrected chi connectivity index (χ4v) is 4.73. The number of benzene rings is 3. The molecular formula is C29H30N4O3. The summed E-state index contributed by atoms with van der Waals surface area (Å²) in [6.45, 7) is 6.26. The minimum Gasteiger partial charge on any atom is -0.497 e. The Morgan fingerprint density at radius 1 is 1.03 bits per heavy atom. The summed E-state index contributed by atoms with van der Waals surface area (Å²) in [5.41, 5.74) is 6.02. The van der Waals surface area contributed by atoms with E-state index in [1.54, 1.807) is 32.4 Å². The quantitative estimate of drug-likeness (QED) is 0.347. The Hall–Kier alpha value is -4.26. The fraction of sp³-hybridized carbons (Fsp3) is 0.241. The van der Waals surface area contributed by atoms with E-state index in [9.17, 15) is 4.79 Å². The summed E-state index contributed by atoms with van der Waals surface area (Å²) in [4.78, 5) is 18.7. The van der Waals surface area contributed by atoms with Crippen molar-refractivity contribution < 1.29 is 14.3 Å². The third kappa shape index (κ3) is 4.06. The van der Waals surface area contributed by atoms with Crippen LogP contribution in [-0.4, -0.2) is 29.7 Å². The molecule has 1 aliphatic heterocycles. The smallest absolute Gasteiger partial charge is 0.255 e. The van der Waals surface area contributed by atoms with E-state index in [1.165, 1.54) is 5.56 Å². The number of rotatable bonds is 6. The Kier molecular flexibility index (Phi) is 6.14. The van der Waals surface area contributed by atoms with Gasteiger partial charge in [0.15, 0.2) is 0 Å². The molecule has 1 atom stereocenters. The first-order valence-corrected chi connectivity index (χ1v) is 12.0. The molecule has 184 valence electrons. The highest BCUT2D eigenvalue weighted by molar-refractivity contribution is 6.07. The van der Waals surface area contributed by atoms with E-state index in [4.69, 9.17) is 14.5 Å². The van der Waals surface area contributed by atoms with Crippen LogP contribution in [0.1, 0.15) is 43.9 Å². The second-order valence-electron chi connectivity index (χ2n) is 9.20. The zero-order chi connectivity index (χ0) is 25.4. The number of amides is 1. The first kappa shape index (κ1) is 23.5. The number of nitrogens with zero attached hydrogens (tertiary/aromatic N) is 2. The molecule has 1 amide bonds. The van der Waals surface area contributed by atoms with Crippen molar-refractivity contribution in [2.24, 2.45) is 0 Å². The van der Waals surface area contributed by atoms with Gasteiger partial charge in [-0.05, 0) is 48.2 Å². The lowest BCUT2D eigenvalue weighted by Gasteiger charge is -2.31. The van der Waals surface area contributed by atoms with E-state index in [1.807, 2.05) is 31.2 Å². The molecule has 1 aromatic heterocycles. The molecular weight excluding hydrogens is 452 g/mol. The summed E-state index contributed by atoms with van der Waals surface area (Å²) in [5.74, 6) is 2.09. The van der Waals surface area contributed by atoms with E-state index in [0.717, 1.165) is 22.3 Å². The normalized spacial score (nSPS) is 15.0. The number of imidazole rings is 1. The fourth-order valence-electron chi connectivity index (χ4n) is 4.73. The van der Waals surface area contributed by atoms with Gasteiger partial charge in [-0.15, -0.1) is 0 Å². The number of anilines is 2. The van der Waals surface area contributed by atoms with Crippen molar-refractivity contribution in [3.63, 3.8) is 0 Å². The van der Waals surface area contributed by atoms with Gasteiger partial charge in [-0.3, -0.25) is 9.36 Å². The number of hydrogen-bond donors (Lipinski definition) is 2. The summed E-state index contributed by atoms with van der Waals surface area (Å²) < 4.78 is 12.9. The third-order valence-electron chi connectivity index (χ3n) is 6.65. The summed E-state index contributed by atoms with van der Waals surface area (Å²) in [6.07, 6.45) is 0. The number of carbonyl (C=O) groups is 1. The molecule has 2 N–H and O–H groups in total. The summed E-state index contributed by atoms with van der Waals surface area (Å²) in [7, 11) is 3.16. The molecule has 0 saturated carbocycles. The van der Waals surface area contributed by atoms with Crippen molar-refractivity contribution in [1.29, 1.82) is 0 Å². The maximum Gasteiger partial charge on any atom is 0.255 e. The van der Waals surface area contributed by atoms with Crippen molar-refractivity contribution in [3.05, 3.63) is 89.1 Å². The van der Waals surface area contributed by atoms with Crippen molar-refractivity contribution >= 4 is 28.6 Å². The zero-order valence-electron chi connectivity index (χ0n) is 21.1. The van der Waals surface area contributed by atoms with Gasteiger partial charge in [0, 0.05) is 11.8 Å². The van der Waals surface area contributed by atoms with Gasteiger partial charge in [0.2, 0.25) is 5.95 Å². The molecule has 0 unspecified atom stereocenters. The van der Waals surface area contributed by atoms with E-state index >= 15 is 0 Å². The highest BCUT2D eigenvalue weighted by Crippen LogP contribution is 2.40. The monoisotopic (exact) mass is 482 g/mol. The molecule has 5 rings (SSSR count). The summed E-state index contributed by atoms with van der Waals surface area (Å²) in [5, 5.41) is 6.42. The van der Waals surface area contributed by atoms with Crippen molar-refractivity contribution in [3.8, 4) is 11.5 Å². The van der Waals surface area contributed by atoms with E-state index < -0.39 is 0 Å². The first-order valence-electron chi connectivity index (χ1n) is 12.0. The molecule has 0 saturated heterocycles. The van der Waals surface area contributed by atoms with Crippen LogP contribution in [0.25, 0.3) is 11.0 Å². The van der Waals surface area contributed by atoms with Crippen molar-refractivity contribution in [2.75, 3.05) is 24.9 Å². The molecule has 7 heteroatoms. The topological polar surface area (TPSA) is 77.4 Å². The standard InChI is InChI=1S/C29H30N4O3/c1-17(2)19-10-12-20(13-11-19)27-26(28(34)31-23-15-14-21(35-4)16-25(23)36-5)18(3)30-29-32-22-8-6-7-9-24(22)33(27)29/h6-17,27H,1-5H3,(H,30,32)(H,31,34)/t27-/m0/s1. The lowest BCUT2D eigenvalue weighted by atomic mass is 9.92. The van der Waals surface area contributed by atoms with Gasteiger partial charge in [-0.1, -0.05) is 50.2 Å². The van der Waals surface area contributed by atoms with Gasteiger partial charge in [-0.25, -0.2) is 4.98 Å². The van der Waals surface area contributed by atoms with Gasteiger partial charge >= 0.3 is 0 Å². The molecule has 0 aliphatic carbocycles. The number of carbonyl (C=O) groups excluding carboxylic acids is 1. The van der Waals surface area contributed by atoms with Gasteiger partial charge in [0.1, 0.15) is 11.5 Å². The van der Waals surface area contributed by atoms with E-state index in [2.05, 4.69) is 53.3 Å². The van der Waals surface area contributed by atoms with E-state index in [0.29, 0.717) is 34.6 Å². The summed E-state index contributed by atoms with van der Waals surface area (Å²) >= 11 is 0. The molecule has 7 nitrogen and oxygen atoms in total. The predicted molar refractivity (Wildman–Crippen MR) is 143 cm³/mol. The molecule has 0 spiro atoms. The predicted octanol–water partition coefficient (Wildman–Crippen LogP) is 6.10. The number of aromatic nitrogens is 2. The number of fused-ring (bicyclic) bond motifs is 3. The minimum absolute atomic E-state index is 0.218. The van der Waals surface area contributed by atoms with Crippen molar-refractivity contribution in [2.45, 2.75) is 32.7 Å². The third-order valence-corrected chi connectivity index (χ3v) is 6.65. The van der Waals surface area contributed by atoms with Crippen LogP contribution in [0.4, 0.5) is 11.6 Å². The molecule has 0 fully saturated rings. The Morgan fingerprint density at radius 2 is 1.78 bits per heavy atom. The molecule has 2 heterocycles. The molecule has 3 aromatic carbocycles. The average molecular weight is 483 g/mol. The van der Waals surface area contributed by atoms with Crippen LogP contribution in [-0.2, 0) is 4.79 Å². The Labute approximate surface area is 210 Å². The Bertz CT molecular complexity index is 1470. The van der Waals surface area contributed by atoms with E-state index in [-0.39, 0.29) is 11.9 Å². The molecule has 0 radical (unpaired) electrons. The highest BCUT2D eigenvalue weighted by Gasteiger charge is 2.34. The van der Waals surface area contributed by atoms with Crippen LogP contribution >= 0.6 is 0 Å². The van der Waals surface area contributed by atoms with Gasteiger partial charge < -0.3 is 20.1 Å². The zero-order valence-corrected chi connectivity index (χ0v) is 21.1. The molecule has 4 aromatic rings. The van der Waals surface area contributed by atoms with Crippen LogP contribution in [0.2, 0.25) is 0 Å². The van der Waals surface area contributed by atoms with Crippen LogP contribution in [0.15, 0.2) is 78.0 Å². The Morgan fingerprint density at radius 3 is 2.47 bits per heavy atom. The van der Waals surface area contributed by atoms with Crippen LogP contribution in [0, 0.1) is 0 Å². The second kappa shape index (κ2) is 9.41. The largest absolute Gasteiger partial charge is 0.497 e. The van der Waals surface area contributed by atoms with Crippen LogP contribution in [0.3, 0.4) is 0 Å². The number of methoxy groups -OCH3 is 2. The van der Waals surface area contributed by atoms with Crippen LogP contribution < -0.4 is 20.1 Å². The number of ether oxygens (including phenoxy) is 2. The number of nitrogens with one attached hydrogen (secondary N) is 2. The summed E-state index contributed by atoms with van der Waals surface area (Å²) in [6, 6.07) is 21.4. The number of hydrogen-bond acceptors (Lipinski definition) is 5. The van der Waals surface area contributed by atoms with Gasteiger partial charge in [0.25, 0.3) is 5.91 Å². The van der Waals surface area contributed by atoms with Gasteiger partial charge in [-0.2, -0.15) is 0 Å². The first-order chi connectivity index (χ1) is 17.4. The average Bonchev–Trinajstić information content (AvgIpc) is 3.25. The molecule has 36 heavy (non-hydrogen) atoms.